The number of hydrogen-bond donors (Lipinski definition) is 1. The molecule has 0 aliphatic carbocycles. The molecule has 13 heavy (non-hydrogen) atoms. The molecule has 0 unspecified atom stereocenters. The number of nitrogens with one attached hydrogen (secondary N) is 1. The van der Waals surface area contributed by atoms with Gasteiger partial charge in [-0.15, -0.1) is 5.43 Å². The second-order valence-electron chi connectivity index (χ2n) is 2.43. The molecule has 5 nitrogen and oxygen atoms in total. The minimum Gasteiger partial charge on any atom is -0.689 e. The van der Waals surface area contributed by atoms with Gasteiger partial charge in [-0.05, 0) is 18.6 Å². The van der Waals surface area contributed by atoms with Gasteiger partial charge in [0.1, 0.15) is 5.69 Å². The van der Waals surface area contributed by atoms with Gasteiger partial charge in [-0.25, -0.2) is 4.79 Å². The van der Waals surface area contributed by atoms with Crippen LogP contribution in [-0.4, -0.2) is 11.3 Å². The predicted octanol–water partition coefficient (Wildman–Crippen LogP) is 1.44. The number of para-hydroxylation sites is 1. The van der Waals surface area contributed by atoms with Crippen LogP contribution in [0.4, 0.5) is 5.69 Å². The van der Waals surface area contributed by atoms with Gasteiger partial charge in [-0.2, -0.15) is 0 Å². The second-order valence-corrected chi connectivity index (χ2v) is 2.43. The zero-order valence-electron chi connectivity index (χ0n) is 7.10. The molecule has 1 aromatic carbocycles. The predicted molar refractivity (Wildman–Crippen MR) is 46.9 cm³/mol. The molecule has 0 aliphatic heterocycles. The van der Waals surface area contributed by atoms with Crippen LogP contribution in [0.1, 0.15) is 5.56 Å². The second kappa shape index (κ2) is 4.20. The van der Waals surface area contributed by atoms with Crippen molar-refractivity contribution >= 4 is 12.1 Å². The third-order valence-electron chi connectivity index (χ3n) is 1.50. The highest BCUT2D eigenvalue weighted by atomic mass is 16.5. The Balaban J connectivity index is 2.75. The molecule has 1 rings (SSSR count). The third-order valence-corrected chi connectivity index (χ3v) is 1.50. The molecular formula is C8H9N3O2. The first-order chi connectivity index (χ1) is 6.24. The lowest BCUT2D eigenvalue weighted by atomic mass is 10.2. The van der Waals surface area contributed by atoms with Crippen molar-refractivity contribution < 1.29 is 9.66 Å². The molecule has 1 aromatic rings. The molecule has 0 atom stereocenters. The Kier molecular flexibility index (Phi) is 2.97. The maximum Gasteiger partial charge on any atom is 0.321 e. The van der Waals surface area contributed by atoms with Crippen LogP contribution in [0.25, 0.3) is 0 Å². The van der Waals surface area contributed by atoms with Crippen LogP contribution in [0.2, 0.25) is 0 Å². The number of amides is 1. The molecule has 0 aromatic heterocycles. The quantitative estimate of drug-likeness (QED) is 0.330. The van der Waals surface area contributed by atoms with E-state index in [2.05, 4.69) is 10.6 Å². The van der Waals surface area contributed by atoms with Crippen molar-refractivity contribution in [3.05, 3.63) is 35.0 Å². The highest BCUT2D eigenvalue weighted by molar-refractivity contribution is 5.49. The minimum atomic E-state index is -0.0769. The molecule has 0 fully saturated rings. The van der Waals surface area contributed by atoms with E-state index in [1.165, 1.54) is 0 Å². The van der Waals surface area contributed by atoms with E-state index >= 15 is 0 Å². The molecule has 5 heteroatoms. The summed E-state index contributed by atoms with van der Waals surface area (Å²) in [7, 11) is 0. The molecule has 0 spiro atoms. The van der Waals surface area contributed by atoms with Crippen LogP contribution in [0, 0.1) is 12.1 Å². The van der Waals surface area contributed by atoms with E-state index in [-0.39, 0.29) is 11.3 Å². The summed E-state index contributed by atoms with van der Waals surface area (Å²) in [5, 5.41) is 13.6. The van der Waals surface area contributed by atoms with E-state index in [0.29, 0.717) is 5.69 Å². The van der Waals surface area contributed by atoms with Crippen molar-refractivity contribution in [3.8, 4) is 0 Å². The number of hydrogen-bond acceptors (Lipinski definition) is 3. The Bertz CT molecular complexity index is 336. The summed E-state index contributed by atoms with van der Waals surface area (Å²) in [6.45, 7) is 1.87. The fourth-order valence-electron chi connectivity index (χ4n) is 0.825. The Morgan fingerprint density at radius 3 is 2.85 bits per heavy atom. The van der Waals surface area contributed by atoms with E-state index < -0.39 is 0 Å². The van der Waals surface area contributed by atoms with Crippen LogP contribution >= 0.6 is 0 Å². The van der Waals surface area contributed by atoms with E-state index in [9.17, 15) is 10.0 Å². The van der Waals surface area contributed by atoms with Gasteiger partial charge >= 0.3 is 6.41 Å². The maximum absolute atomic E-state index is 10.4. The maximum atomic E-state index is 10.4. The van der Waals surface area contributed by atoms with Crippen LogP contribution < -0.4 is 5.43 Å². The largest absolute Gasteiger partial charge is 0.689 e. The van der Waals surface area contributed by atoms with Gasteiger partial charge in [0.25, 0.3) is 0 Å². The number of hydroxylamine groups is 1. The van der Waals surface area contributed by atoms with Crippen LogP contribution in [-0.2, 0) is 4.79 Å². The number of aryl methyl sites for hydroxylation is 1. The number of nitrogens with zero attached hydrogens (tertiary/aromatic N) is 2. The fraction of sp³-hybridized carbons (Fsp3) is 0.125. The minimum absolute atomic E-state index is 0.0747. The van der Waals surface area contributed by atoms with E-state index in [1.54, 1.807) is 12.1 Å². The highest BCUT2D eigenvalue weighted by Crippen LogP contribution is 2.12. The summed E-state index contributed by atoms with van der Waals surface area (Å²) in [4.78, 5) is 9.81. The fourth-order valence-corrected chi connectivity index (χ4v) is 0.825. The molecule has 68 valence electrons. The van der Waals surface area contributed by atoms with E-state index in [1.807, 2.05) is 19.1 Å². The summed E-state index contributed by atoms with van der Waals surface area (Å²) >= 11 is 0. The van der Waals surface area contributed by atoms with Crippen LogP contribution in [0.5, 0.6) is 0 Å². The molecule has 0 radical (unpaired) electrons. The van der Waals surface area contributed by atoms with Gasteiger partial charge in [0.2, 0.25) is 0 Å². The topological polar surface area (TPSA) is 67.5 Å². The smallest absolute Gasteiger partial charge is 0.321 e. The lowest BCUT2D eigenvalue weighted by Crippen LogP contribution is -2.01. The number of rotatable bonds is 3. The standard InChI is InChI=1S/C8H9N3O2/c1-7-4-2-3-5-8(7)9-10-11(13)6-12/h2-6,9H,1H3. The molecule has 0 saturated carbocycles. The Labute approximate surface area is 75.2 Å². The summed E-state index contributed by atoms with van der Waals surface area (Å²) in [5.41, 5.74) is 4.12. The Morgan fingerprint density at radius 1 is 1.54 bits per heavy atom. The van der Waals surface area contributed by atoms with Crippen LogP contribution in [0.15, 0.2) is 29.5 Å². The molecule has 1 amide bonds. The third kappa shape index (κ3) is 2.55. The average molecular weight is 179 g/mol. The lowest BCUT2D eigenvalue weighted by Gasteiger charge is -1.98. The molecule has 0 bridgehead atoms. The first-order valence-corrected chi connectivity index (χ1v) is 3.68. The SMILES string of the molecule is Cc1ccccc1NN=[N+]([O-])C=O. The van der Waals surface area contributed by atoms with E-state index in [4.69, 9.17) is 0 Å². The van der Waals surface area contributed by atoms with Crippen molar-refractivity contribution in [1.82, 2.24) is 0 Å². The van der Waals surface area contributed by atoms with Gasteiger partial charge in [0.05, 0.1) is 5.22 Å². The normalized spacial score (nSPS) is 11.0. The number of carbonyl (C=O) groups is 1. The molecule has 0 heterocycles. The van der Waals surface area contributed by atoms with Gasteiger partial charge < -0.3 is 5.21 Å². The summed E-state index contributed by atoms with van der Waals surface area (Å²) in [5.74, 6) is 0. The Morgan fingerprint density at radius 2 is 2.23 bits per heavy atom. The molecular weight excluding hydrogens is 170 g/mol. The highest BCUT2D eigenvalue weighted by Gasteiger charge is 1.98. The zero-order valence-corrected chi connectivity index (χ0v) is 7.10. The van der Waals surface area contributed by atoms with Crippen molar-refractivity contribution in [2.75, 3.05) is 5.43 Å². The molecule has 0 aliphatic rings. The van der Waals surface area contributed by atoms with Crippen molar-refractivity contribution in [2.24, 2.45) is 5.22 Å². The van der Waals surface area contributed by atoms with Gasteiger partial charge in [0.15, 0.2) is 0 Å². The Hall–Kier alpha value is -1.91. The summed E-state index contributed by atoms with van der Waals surface area (Å²) in [6, 6.07) is 7.31. The van der Waals surface area contributed by atoms with Gasteiger partial charge in [-0.1, -0.05) is 23.1 Å². The summed E-state index contributed by atoms with van der Waals surface area (Å²) < 4.78 is 0. The monoisotopic (exact) mass is 179 g/mol. The average Bonchev–Trinajstić information content (AvgIpc) is 2.16. The number of anilines is 1. The van der Waals surface area contributed by atoms with Crippen LogP contribution in [0.3, 0.4) is 0 Å². The first kappa shape index (κ1) is 9.18. The lowest BCUT2D eigenvalue weighted by molar-refractivity contribution is -0.432. The van der Waals surface area contributed by atoms with Crippen molar-refractivity contribution in [1.29, 1.82) is 0 Å². The van der Waals surface area contributed by atoms with Crippen molar-refractivity contribution in [3.63, 3.8) is 0 Å². The molecule has 1 N–H and O–H groups in total. The number of carbonyl (C=O) groups excluding carboxylic acids is 1. The summed E-state index contributed by atoms with van der Waals surface area (Å²) in [6.07, 6.45) is 0.0747. The van der Waals surface area contributed by atoms with Gasteiger partial charge in [-0.3, -0.25) is 0 Å². The van der Waals surface area contributed by atoms with E-state index in [0.717, 1.165) is 5.56 Å². The van der Waals surface area contributed by atoms with Crippen molar-refractivity contribution in [2.45, 2.75) is 6.92 Å². The number of benzene rings is 1. The molecule has 0 saturated heterocycles. The van der Waals surface area contributed by atoms with Gasteiger partial charge in [0, 0.05) is 0 Å². The first-order valence-electron chi connectivity index (χ1n) is 3.68. The zero-order chi connectivity index (χ0) is 9.68.